The van der Waals surface area contributed by atoms with Crippen LogP contribution in [0.1, 0.15) is 181 Å². The fraction of sp³-hybridized carbons (Fsp3) is 0.674. The summed E-state index contributed by atoms with van der Waals surface area (Å²) in [6, 6.07) is 0. The molecule has 0 radical (unpaired) electrons. The highest BCUT2D eigenvalue weighted by Gasteiger charge is 2.19. The van der Waals surface area contributed by atoms with Gasteiger partial charge in [0.1, 0.15) is 13.2 Å². The molecule has 0 saturated heterocycles. The van der Waals surface area contributed by atoms with Gasteiger partial charge < -0.3 is 14.2 Å². The van der Waals surface area contributed by atoms with Crippen molar-refractivity contribution in [2.24, 2.45) is 0 Å². The molecule has 0 heterocycles. The zero-order chi connectivity index (χ0) is 38.0. The Labute approximate surface area is 319 Å². The van der Waals surface area contributed by atoms with Crippen LogP contribution in [-0.4, -0.2) is 37.2 Å². The molecule has 0 amide bonds. The number of hydrogen-bond acceptors (Lipinski definition) is 6. The summed E-state index contributed by atoms with van der Waals surface area (Å²) >= 11 is 0. The molecule has 0 saturated carbocycles. The van der Waals surface area contributed by atoms with E-state index in [1.54, 1.807) is 0 Å². The molecule has 6 heteroatoms. The van der Waals surface area contributed by atoms with E-state index in [4.69, 9.17) is 14.2 Å². The second kappa shape index (κ2) is 40.6. The van der Waals surface area contributed by atoms with Crippen molar-refractivity contribution in [1.29, 1.82) is 0 Å². The fourth-order valence-corrected chi connectivity index (χ4v) is 5.32. The standard InChI is InChI=1S/C46H76O6/c1-4-7-10-13-16-19-20-21-22-23-24-25-28-30-33-36-39-45(48)51-42-43(52-46(49)40-37-34-31-27-18-15-12-9-6-3)41-50-44(47)38-35-32-29-26-17-14-11-8-5-2/h7,10,16,19,21-22,24-25,27,30-31,33,43H,4-6,8-9,11-15,17-18,20,23,26,28-29,32,34-42H2,1-3H3/b10-7-,19-16-,22-21-,25-24-,31-27-,33-30-. The van der Waals surface area contributed by atoms with E-state index >= 15 is 0 Å². The highest BCUT2D eigenvalue weighted by Crippen LogP contribution is 2.12. The Bertz CT molecular complexity index is 1020. The van der Waals surface area contributed by atoms with E-state index in [0.717, 1.165) is 64.2 Å². The number of esters is 3. The minimum Gasteiger partial charge on any atom is -0.462 e. The van der Waals surface area contributed by atoms with Crippen molar-refractivity contribution >= 4 is 17.9 Å². The maximum atomic E-state index is 12.6. The van der Waals surface area contributed by atoms with Gasteiger partial charge in [0.25, 0.3) is 0 Å². The second-order valence-corrected chi connectivity index (χ2v) is 13.5. The minimum absolute atomic E-state index is 0.109. The van der Waals surface area contributed by atoms with Crippen LogP contribution in [0.5, 0.6) is 0 Å². The van der Waals surface area contributed by atoms with Gasteiger partial charge in [-0.2, -0.15) is 0 Å². The molecule has 0 spiro atoms. The average Bonchev–Trinajstić information content (AvgIpc) is 3.14. The van der Waals surface area contributed by atoms with Gasteiger partial charge in [0, 0.05) is 19.3 Å². The summed E-state index contributed by atoms with van der Waals surface area (Å²) in [5, 5.41) is 0. The first-order valence-corrected chi connectivity index (χ1v) is 20.9. The van der Waals surface area contributed by atoms with Crippen molar-refractivity contribution in [3.05, 3.63) is 72.9 Å². The number of allylic oxidation sites excluding steroid dienone is 12. The van der Waals surface area contributed by atoms with Crippen LogP contribution < -0.4 is 0 Å². The molecule has 0 aromatic heterocycles. The van der Waals surface area contributed by atoms with Gasteiger partial charge in [-0.3, -0.25) is 14.4 Å². The minimum atomic E-state index is -0.814. The summed E-state index contributed by atoms with van der Waals surface area (Å²) in [6.45, 7) is 6.34. The first-order chi connectivity index (χ1) is 25.5. The van der Waals surface area contributed by atoms with Crippen molar-refractivity contribution in [3.63, 3.8) is 0 Å². The first-order valence-electron chi connectivity index (χ1n) is 20.9. The number of rotatable bonds is 36. The Morgan fingerprint density at radius 3 is 1.35 bits per heavy atom. The molecule has 0 aromatic rings. The molecule has 0 N–H and O–H groups in total. The quantitative estimate of drug-likeness (QED) is 0.0277. The topological polar surface area (TPSA) is 78.9 Å². The van der Waals surface area contributed by atoms with Crippen molar-refractivity contribution in [3.8, 4) is 0 Å². The lowest BCUT2D eigenvalue weighted by molar-refractivity contribution is -0.166. The molecule has 0 aliphatic carbocycles. The lowest BCUT2D eigenvalue weighted by Gasteiger charge is -2.18. The zero-order valence-corrected chi connectivity index (χ0v) is 33.5. The van der Waals surface area contributed by atoms with E-state index in [1.165, 1.54) is 64.2 Å². The first kappa shape index (κ1) is 48.9. The lowest BCUT2D eigenvalue weighted by atomic mass is 10.1. The molecule has 0 rings (SSSR count). The summed E-state index contributed by atoms with van der Waals surface area (Å²) < 4.78 is 16.5. The second-order valence-electron chi connectivity index (χ2n) is 13.5. The molecule has 1 unspecified atom stereocenters. The van der Waals surface area contributed by atoms with Gasteiger partial charge in [-0.05, 0) is 70.6 Å². The Kier molecular flexibility index (Phi) is 38.2. The van der Waals surface area contributed by atoms with Crippen LogP contribution in [0.2, 0.25) is 0 Å². The summed E-state index contributed by atoms with van der Waals surface area (Å²) in [5.74, 6) is -1.05. The fourth-order valence-electron chi connectivity index (χ4n) is 5.32. The van der Waals surface area contributed by atoms with E-state index in [0.29, 0.717) is 19.3 Å². The maximum Gasteiger partial charge on any atom is 0.306 e. The van der Waals surface area contributed by atoms with Gasteiger partial charge in [-0.25, -0.2) is 0 Å². The molecule has 0 bridgehead atoms. The summed E-state index contributed by atoms with van der Waals surface area (Å²) in [4.78, 5) is 37.4. The van der Waals surface area contributed by atoms with Crippen LogP contribution in [0.25, 0.3) is 0 Å². The van der Waals surface area contributed by atoms with Gasteiger partial charge >= 0.3 is 17.9 Å². The largest absolute Gasteiger partial charge is 0.462 e. The van der Waals surface area contributed by atoms with Crippen LogP contribution in [0.4, 0.5) is 0 Å². The van der Waals surface area contributed by atoms with E-state index < -0.39 is 6.10 Å². The summed E-state index contributed by atoms with van der Waals surface area (Å²) in [6.07, 6.45) is 49.1. The number of carbonyl (C=O) groups is 3. The maximum absolute atomic E-state index is 12.6. The Balaban J connectivity index is 4.50. The van der Waals surface area contributed by atoms with Gasteiger partial charge in [-0.1, -0.05) is 164 Å². The monoisotopic (exact) mass is 725 g/mol. The van der Waals surface area contributed by atoms with Crippen LogP contribution in [0, 0.1) is 0 Å². The molecule has 52 heavy (non-hydrogen) atoms. The van der Waals surface area contributed by atoms with Gasteiger partial charge in [0.2, 0.25) is 0 Å². The zero-order valence-electron chi connectivity index (χ0n) is 33.5. The van der Waals surface area contributed by atoms with Crippen LogP contribution in [-0.2, 0) is 28.6 Å². The molecule has 296 valence electrons. The van der Waals surface area contributed by atoms with Crippen molar-refractivity contribution in [1.82, 2.24) is 0 Å². The van der Waals surface area contributed by atoms with E-state index in [-0.39, 0.29) is 44.0 Å². The predicted molar refractivity (Wildman–Crippen MR) is 219 cm³/mol. The smallest absolute Gasteiger partial charge is 0.306 e. The predicted octanol–water partition coefficient (Wildman–Crippen LogP) is 13.1. The highest BCUT2D eigenvalue weighted by atomic mass is 16.6. The molecule has 1 atom stereocenters. The van der Waals surface area contributed by atoms with E-state index in [2.05, 4.69) is 81.5 Å². The number of carbonyl (C=O) groups excluding carboxylic acids is 3. The average molecular weight is 725 g/mol. The Morgan fingerprint density at radius 2 is 0.808 bits per heavy atom. The van der Waals surface area contributed by atoms with Crippen LogP contribution in [0.15, 0.2) is 72.9 Å². The van der Waals surface area contributed by atoms with Crippen molar-refractivity contribution < 1.29 is 28.6 Å². The third-order valence-corrected chi connectivity index (χ3v) is 8.46. The number of unbranched alkanes of at least 4 members (excludes halogenated alkanes) is 13. The Hall–Kier alpha value is -3.15. The number of hydrogen-bond donors (Lipinski definition) is 0. The third kappa shape index (κ3) is 38.1. The highest BCUT2D eigenvalue weighted by molar-refractivity contribution is 5.71. The summed E-state index contributed by atoms with van der Waals surface area (Å²) in [7, 11) is 0. The van der Waals surface area contributed by atoms with Crippen molar-refractivity contribution in [2.75, 3.05) is 13.2 Å². The van der Waals surface area contributed by atoms with Crippen LogP contribution in [0.3, 0.4) is 0 Å². The molecule has 0 aromatic carbocycles. The molecule has 0 fully saturated rings. The van der Waals surface area contributed by atoms with Gasteiger partial charge in [0.15, 0.2) is 6.10 Å². The molecular formula is C46H76O6. The molecular weight excluding hydrogens is 648 g/mol. The Morgan fingerprint density at radius 1 is 0.404 bits per heavy atom. The van der Waals surface area contributed by atoms with Gasteiger partial charge in [-0.15, -0.1) is 0 Å². The van der Waals surface area contributed by atoms with E-state index in [1.807, 2.05) is 12.2 Å². The number of ether oxygens (including phenoxy) is 3. The van der Waals surface area contributed by atoms with E-state index in [9.17, 15) is 14.4 Å². The molecule has 6 nitrogen and oxygen atoms in total. The molecule has 0 aliphatic heterocycles. The van der Waals surface area contributed by atoms with Gasteiger partial charge in [0.05, 0.1) is 0 Å². The SMILES string of the molecule is CC/C=C\C/C=C\C/C=C\C/C=C\C/C=C\CCC(=O)OCC(COC(=O)CCCCCCCCCCC)OC(=O)CCC/C=C\CCCCCC. The summed E-state index contributed by atoms with van der Waals surface area (Å²) in [5.41, 5.74) is 0. The van der Waals surface area contributed by atoms with Crippen molar-refractivity contribution in [2.45, 2.75) is 187 Å². The third-order valence-electron chi connectivity index (χ3n) is 8.46. The van der Waals surface area contributed by atoms with Crippen LogP contribution >= 0.6 is 0 Å². The lowest BCUT2D eigenvalue weighted by Crippen LogP contribution is -2.30. The normalized spacial score (nSPS) is 12.8. The molecule has 0 aliphatic rings.